The third-order valence-electron chi connectivity index (χ3n) is 0.624. The minimum absolute atomic E-state index is 0.312. The van der Waals surface area contributed by atoms with Gasteiger partial charge in [-0.3, -0.25) is 0 Å². The van der Waals surface area contributed by atoms with Gasteiger partial charge < -0.3 is 4.74 Å². The van der Waals surface area contributed by atoms with Crippen molar-refractivity contribution in [2.45, 2.75) is 13.8 Å². The van der Waals surface area contributed by atoms with E-state index in [9.17, 15) is 13.2 Å². The first-order chi connectivity index (χ1) is 5.68. The van der Waals surface area contributed by atoms with Crippen LogP contribution in [0.3, 0.4) is 0 Å². The van der Waals surface area contributed by atoms with Crippen LogP contribution in [0.5, 0.6) is 0 Å². The molecule has 0 saturated heterocycles. The lowest BCUT2D eigenvalue weighted by Gasteiger charge is -1.96. The summed E-state index contributed by atoms with van der Waals surface area (Å²) in [6.07, 6.45) is 0. The van der Waals surface area contributed by atoms with Gasteiger partial charge in [-0.25, -0.2) is 15.1 Å². The van der Waals surface area contributed by atoms with Crippen LogP contribution in [0.2, 0.25) is 0 Å². The maximum Gasteiger partial charge on any atom is 0.333 e. The van der Waals surface area contributed by atoms with Gasteiger partial charge in [-0.15, -0.1) is 0 Å². The molecule has 0 unspecified atom stereocenters. The molecule has 0 aliphatic carbocycles. The molecule has 0 amide bonds. The molecule has 0 radical (unpaired) electrons. The van der Waals surface area contributed by atoms with Gasteiger partial charge in [0.05, 0.1) is 6.61 Å². The summed E-state index contributed by atoms with van der Waals surface area (Å²) < 4.78 is 22.9. The van der Waals surface area contributed by atoms with Gasteiger partial charge in [-0.1, -0.05) is 6.58 Å². The predicted octanol–water partition coefficient (Wildman–Crippen LogP) is -0.726. The van der Waals surface area contributed by atoms with Gasteiger partial charge in [0.2, 0.25) is 0 Å². The standard InChI is InChI=1S/C6H10O2.H4N2O2S/c1-4-8-6(7)5(2)3;1-5(2,3)4/h2,4H2,1,3H3;(H4,1,2,3,4). The van der Waals surface area contributed by atoms with E-state index >= 15 is 0 Å². The summed E-state index contributed by atoms with van der Waals surface area (Å²) in [5.74, 6) is -0.312. The molecule has 6 nitrogen and oxygen atoms in total. The second-order valence-electron chi connectivity index (χ2n) is 2.09. The molecule has 0 saturated carbocycles. The fraction of sp³-hybridized carbons (Fsp3) is 0.500. The second kappa shape index (κ2) is 6.58. The topological polar surface area (TPSA) is 112 Å². The molecule has 0 bridgehead atoms. The number of carbonyl (C=O) groups is 1. The molecule has 0 aliphatic heterocycles. The first-order valence-electron chi connectivity index (χ1n) is 3.31. The highest BCUT2D eigenvalue weighted by Crippen LogP contribution is 1.89. The Morgan fingerprint density at radius 3 is 1.85 bits per heavy atom. The van der Waals surface area contributed by atoms with E-state index in [2.05, 4.69) is 21.6 Å². The summed E-state index contributed by atoms with van der Waals surface area (Å²) in [6, 6.07) is 0. The molecule has 0 aromatic carbocycles. The Morgan fingerprint density at radius 2 is 1.77 bits per heavy atom. The van der Waals surface area contributed by atoms with E-state index in [1.807, 2.05) is 0 Å². The lowest BCUT2D eigenvalue weighted by atomic mass is 10.4. The fourth-order valence-corrected chi connectivity index (χ4v) is 0.254. The Bertz CT molecular complexity index is 262. The maximum absolute atomic E-state index is 10.4. The van der Waals surface area contributed by atoms with Crippen LogP contribution in [0.15, 0.2) is 12.2 Å². The summed E-state index contributed by atoms with van der Waals surface area (Å²) in [7, 11) is -3.67. The summed E-state index contributed by atoms with van der Waals surface area (Å²) in [6.45, 7) is 7.21. The molecule has 0 aliphatic rings. The van der Waals surface area contributed by atoms with Crippen molar-refractivity contribution in [2.24, 2.45) is 10.3 Å². The number of hydrogen-bond donors (Lipinski definition) is 2. The highest BCUT2D eigenvalue weighted by molar-refractivity contribution is 7.86. The normalized spacial score (nSPS) is 9.54. The predicted molar refractivity (Wildman–Crippen MR) is 48.7 cm³/mol. The molecule has 0 heterocycles. The third kappa shape index (κ3) is 24.7. The summed E-state index contributed by atoms with van der Waals surface area (Å²) in [4.78, 5) is 10.4. The molecule has 0 aromatic heterocycles. The van der Waals surface area contributed by atoms with Gasteiger partial charge in [0.25, 0.3) is 10.2 Å². The van der Waals surface area contributed by atoms with Gasteiger partial charge in [-0.2, -0.15) is 8.42 Å². The molecule has 4 N–H and O–H groups in total. The van der Waals surface area contributed by atoms with E-state index in [4.69, 9.17) is 0 Å². The van der Waals surface area contributed by atoms with Gasteiger partial charge >= 0.3 is 5.97 Å². The maximum atomic E-state index is 10.4. The van der Waals surface area contributed by atoms with Crippen molar-refractivity contribution in [2.75, 3.05) is 6.61 Å². The van der Waals surface area contributed by atoms with E-state index in [0.717, 1.165) is 0 Å². The molecule has 7 heteroatoms. The number of ether oxygens (including phenoxy) is 1. The number of rotatable bonds is 2. The zero-order valence-electron chi connectivity index (χ0n) is 7.61. The largest absolute Gasteiger partial charge is 0.463 e. The van der Waals surface area contributed by atoms with Crippen LogP contribution in [0.4, 0.5) is 0 Å². The van der Waals surface area contributed by atoms with Crippen LogP contribution >= 0.6 is 0 Å². The number of carbonyl (C=O) groups excluding carboxylic acids is 1. The second-order valence-corrected chi connectivity index (χ2v) is 3.27. The molecule has 0 aromatic rings. The van der Waals surface area contributed by atoms with Crippen molar-refractivity contribution < 1.29 is 17.9 Å². The fourth-order valence-electron chi connectivity index (χ4n) is 0.254. The van der Waals surface area contributed by atoms with E-state index in [1.54, 1.807) is 13.8 Å². The van der Waals surface area contributed by atoms with Crippen LogP contribution in [-0.2, 0) is 19.7 Å². The smallest absolute Gasteiger partial charge is 0.333 e. The highest BCUT2D eigenvalue weighted by atomic mass is 32.2. The Labute approximate surface area is 77.7 Å². The Morgan fingerprint density at radius 1 is 1.46 bits per heavy atom. The summed E-state index contributed by atoms with van der Waals surface area (Å²) in [5, 5.41) is 8.21. The Kier molecular flexibility index (Phi) is 7.39. The molecular weight excluding hydrogens is 196 g/mol. The molecule has 0 rings (SSSR count). The van der Waals surface area contributed by atoms with Crippen molar-refractivity contribution in [3.63, 3.8) is 0 Å². The molecule has 78 valence electrons. The SMILES string of the molecule is C=C(C)C(=O)OCC.NS(N)(=O)=O. The van der Waals surface area contributed by atoms with Crippen molar-refractivity contribution in [3.8, 4) is 0 Å². The minimum atomic E-state index is -3.67. The van der Waals surface area contributed by atoms with Gasteiger partial charge in [-0.05, 0) is 13.8 Å². The van der Waals surface area contributed by atoms with Crippen molar-refractivity contribution in [1.82, 2.24) is 0 Å². The van der Waals surface area contributed by atoms with E-state index in [0.29, 0.717) is 12.2 Å². The van der Waals surface area contributed by atoms with E-state index < -0.39 is 10.2 Å². The molecule has 0 spiro atoms. The van der Waals surface area contributed by atoms with Crippen LogP contribution in [0.25, 0.3) is 0 Å². The average molecular weight is 210 g/mol. The zero-order valence-corrected chi connectivity index (χ0v) is 8.43. The number of nitrogens with two attached hydrogens (primary N) is 2. The van der Waals surface area contributed by atoms with Gasteiger partial charge in [0.15, 0.2) is 0 Å². The van der Waals surface area contributed by atoms with Crippen molar-refractivity contribution >= 4 is 16.2 Å². The lowest BCUT2D eigenvalue weighted by Crippen LogP contribution is -2.21. The van der Waals surface area contributed by atoms with E-state index in [-0.39, 0.29) is 5.97 Å². The van der Waals surface area contributed by atoms with Gasteiger partial charge in [0, 0.05) is 5.57 Å². The third-order valence-corrected chi connectivity index (χ3v) is 0.624. The lowest BCUT2D eigenvalue weighted by molar-refractivity contribution is -0.138. The highest BCUT2D eigenvalue weighted by Gasteiger charge is 1.98. The van der Waals surface area contributed by atoms with E-state index in [1.165, 1.54) is 0 Å². The molecule has 13 heavy (non-hydrogen) atoms. The van der Waals surface area contributed by atoms with Gasteiger partial charge in [0.1, 0.15) is 0 Å². The average Bonchev–Trinajstić information content (AvgIpc) is 1.84. The first kappa shape index (κ1) is 14.6. The monoisotopic (exact) mass is 210 g/mol. The quantitative estimate of drug-likeness (QED) is 0.462. The minimum Gasteiger partial charge on any atom is -0.463 e. The molecule has 0 fully saturated rings. The zero-order chi connectivity index (χ0) is 11.1. The van der Waals surface area contributed by atoms with Crippen LogP contribution < -0.4 is 10.3 Å². The summed E-state index contributed by atoms with van der Waals surface area (Å²) >= 11 is 0. The first-order valence-corrected chi connectivity index (χ1v) is 4.92. The molecular formula is C6H14N2O4S. The van der Waals surface area contributed by atoms with Crippen LogP contribution in [0.1, 0.15) is 13.8 Å². The number of hydrogen-bond acceptors (Lipinski definition) is 4. The van der Waals surface area contributed by atoms with Crippen molar-refractivity contribution in [3.05, 3.63) is 12.2 Å². The van der Waals surface area contributed by atoms with Crippen LogP contribution in [-0.4, -0.2) is 21.0 Å². The van der Waals surface area contributed by atoms with Crippen LogP contribution in [0, 0.1) is 0 Å². The molecule has 0 atom stereocenters. The number of esters is 1. The van der Waals surface area contributed by atoms with Crippen molar-refractivity contribution in [1.29, 1.82) is 0 Å². The summed E-state index contributed by atoms with van der Waals surface area (Å²) in [5.41, 5.74) is 0.451. The Balaban J connectivity index is 0. The Hall–Kier alpha value is -0.920.